The van der Waals surface area contributed by atoms with Crippen molar-refractivity contribution in [2.75, 3.05) is 6.54 Å². The number of halogens is 3. The van der Waals surface area contributed by atoms with Crippen LogP contribution >= 0.6 is 0 Å². The maximum Gasteiger partial charge on any atom is 0.409 e. The number of rotatable bonds is 8. The molecule has 1 aliphatic heterocycles. The van der Waals surface area contributed by atoms with Gasteiger partial charge in [-0.15, -0.1) is 0 Å². The summed E-state index contributed by atoms with van der Waals surface area (Å²) in [5.41, 5.74) is 3.39. The molecule has 1 amide bonds. The smallest absolute Gasteiger partial charge is 0.288 e. The second-order valence-corrected chi connectivity index (χ2v) is 7.44. The third-order valence-corrected chi connectivity index (χ3v) is 5.37. The van der Waals surface area contributed by atoms with Gasteiger partial charge in [-0.3, -0.25) is 10.2 Å². The van der Waals surface area contributed by atoms with Gasteiger partial charge in [0.25, 0.3) is 0 Å². The lowest BCUT2D eigenvalue weighted by Gasteiger charge is -2.31. The average Bonchev–Trinajstić information content (AvgIpc) is 3.07. The minimum atomic E-state index is -4.48. The van der Waals surface area contributed by atoms with E-state index >= 15 is 0 Å². The molecule has 1 atom stereocenters. The first-order chi connectivity index (χ1) is 13.4. The summed E-state index contributed by atoms with van der Waals surface area (Å²) < 4.78 is 42.2. The number of aryl methyl sites for hydroxylation is 1. The molecule has 0 saturated carbocycles. The first kappa shape index (κ1) is 20.6. The third-order valence-electron chi connectivity index (χ3n) is 5.37. The summed E-state index contributed by atoms with van der Waals surface area (Å²) >= 11 is 0. The highest BCUT2D eigenvalue weighted by molar-refractivity contribution is 5.87. The Balaban J connectivity index is 1.99. The zero-order valence-electron chi connectivity index (χ0n) is 16.2. The van der Waals surface area contributed by atoms with Crippen LogP contribution in [-0.4, -0.2) is 23.6 Å². The van der Waals surface area contributed by atoms with Crippen LogP contribution in [0.3, 0.4) is 0 Å². The minimum absolute atomic E-state index is 0.0613. The quantitative estimate of drug-likeness (QED) is 0.585. The monoisotopic (exact) mass is 392 g/mol. The van der Waals surface area contributed by atoms with E-state index in [9.17, 15) is 18.0 Å². The number of nitrogens with one attached hydrogen (secondary N) is 1. The summed E-state index contributed by atoms with van der Waals surface area (Å²) in [6, 6.07) is 9.11. The Kier molecular flexibility index (Phi) is 6.60. The summed E-state index contributed by atoms with van der Waals surface area (Å²) in [5.74, 6) is -0.365. The zero-order valence-corrected chi connectivity index (χ0v) is 16.2. The SMILES string of the molecule is CCCCCCCc1c([C@H](N2CCC(=O)N2)C(F)(F)F)ccc2ccccc12. The summed E-state index contributed by atoms with van der Waals surface area (Å²) in [6.07, 6.45) is 1.46. The van der Waals surface area contributed by atoms with Gasteiger partial charge in [-0.05, 0) is 34.7 Å². The number of carbonyl (C=O) groups is 1. The Hall–Kier alpha value is -2.08. The second-order valence-electron chi connectivity index (χ2n) is 7.44. The highest BCUT2D eigenvalue weighted by atomic mass is 19.4. The molecule has 0 unspecified atom stereocenters. The van der Waals surface area contributed by atoms with Crippen molar-refractivity contribution in [1.29, 1.82) is 0 Å². The maximum absolute atomic E-state index is 14.1. The molecule has 1 N–H and O–H groups in total. The second kappa shape index (κ2) is 8.95. The van der Waals surface area contributed by atoms with Crippen molar-refractivity contribution in [2.45, 2.75) is 64.1 Å². The Morgan fingerprint density at radius 1 is 1.07 bits per heavy atom. The van der Waals surface area contributed by atoms with Crippen LogP contribution in [0.5, 0.6) is 0 Å². The number of benzene rings is 2. The first-order valence-electron chi connectivity index (χ1n) is 10.0. The van der Waals surface area contributed by atoms with Gasteiger partial charge in [-0.25, -0.2) is 5.01 Å². The standard InChI is InChI=1S/C22H27F3N2O/c1-2-3-4-5-6-11-18-17-10-8-7-9-16(17)12-13-19(18)21(22(23,24)25)27-15-14-20(28)26-27/h7-10,12-13,21H,2-6,11,14-15H2,1H3,(H,26,28)/t21-/m0/s1. The number of nitrogens with zero attached hydrogens (tertiary/aromatic N) is 1. The van der Waals surface area contributed by atoms with Gasteiger partial charge >= 0.3 is 6.18 Å². The lowest BCUT2D eigenvalue weighted by Crippen LogP contribution is -2.44. The number of carbonyl (C=O) groups excluding carboxylic acids is 1. The van der Waals surface area contributed by atoms with Crippen LogP contribution in [0.4, 0.5) is 13.2 Å². The Morgan fingerprint density at radius 2 is 1.82 bits per heavy atom. The fourth-order valence-corrected chi connectivity index (χ4v) is 4.00. The highest BCUT2D eigenvalue weighted by Gasteiger charge is 2.47. The number of hydrogen-bond donors (Lipinski definition) is 1. The Morgan fingerprint density at radius 3 is 2.50 bits per heavy atom. The number of amides is 1. The van der Waals surface area contributed by atoms with E-state index < -0.39 is 12.2 Å². The van der Waals surface area contributed by atoms with Crippen molar-refractivity contribution in [2.24, 2.45) is 0 Å². The highest BCUT2D eigenvalue weighted by Crippen LogP contribution is 2.41. The minimum Gasteiger partial charge on any atom is -0.288 e. The maximum atomic E-state index is 14.1. The molecule has 0 aromatic heterocycles. The fourth-order valence-electron chi connectivity index (χ4n) is 4.00. The molecular weight excluding hydrogens is 365 g/mol. The van der Waals surface area contributed by atoms with E-state index in [4.69, 9.17) is 0 Å². The van der Waals surface area contributed by atoms with Crippen LogP contribution in [0.1, 0.15) is 62.6 Å². The van der Waals surface area contributed by atoms with Crippen LogP contribution < -0.4 is 5.43 Å². The molecule has 1 aliphatic rings. The number of fused-ring (bicyclic) bond motifs is 1. The molecule has 0 aliphatic carbocycles. The Labute approximate surface area is 163 Å². The van der Waals surface area contributed by atoms with Crippen LogP contribution in [0.15, 0.2) is 36.4 Å². The molecule has 3 rings (SSSR count). The van der Waals surface area contributed by atoms with Crippen LogP contribution in [-0.2, 0) is 11.2 Å². The molecule has 152 valence electrons. The van der Waals surface area contributed by atoms with Gasteiger partial charge in [-0.2, -0.15) is 13.2 Å². The van der Waals surface area contributed by atoms with Crippen molar-refractivity contribution in [3.05, 3.63) is 47.5 Å². The van der Waals surface area contributed by atoms with Gasteiger partial charge in [0.2, 0.25) is 5.91 Å². The number of hydrazine groups is 1. The first-order valence-corrected chi connectivity index (χ1v) is 10.0. The third kappa shape index (κ3) is 4.66. The van der Waals surface area contributed by atoms with Crippen LogP contribution in [0.25, 0.3) is 10.8 Å². The summed E-state index contributed by atoms with van der Waals surface area (Å²) in [5, 5.41) is 2.86. The van der Waals surface area contributed by atoms with Crippen LogP contribution in [0, 0.1) is 0 Å². The number of alkyl halides is 3. The van der Waals surface area contributed by atoms with E-state index in [-0.39, 0.29) is 24.4 Å². The van der Waals surface area contributed by atoms with Gasteiger partial charge in [-0.1, -0.05) is 69.0 Å². The molecule has 0 spiro atoms. The lowest BCUT2D eigenvalue weighted by molar-refractivity contribution is -0.191. The fraction of sp³-hybridized carbons (Fsp3) is 0.500. The van der Waals surface area contributed by atoms with E-state index in [1.54, 1.807) is 12.1 Å². The van der Waals surface area contributed by atoms with Crippen molar-refractivity contribution in [3.63, 3.8) is 0 Å². The molecule has 3 nitrogen and oxygen atoms in total. The molecule has 1 fully saturated rings. The molecule has 2 aromatic carbocycles. The van der Waals surface area contributed by atoms with Gasteiger partial charge in [0, 0.05) is 13.0 Å². The summed E-state index contributed by atoms with van der Waals surface area (Å²) in [4.78, 5) is 11.6. The summed E-state index contributed by atoms with van der Waals surface area (Å²) in [6.45, 7) is 2.20. The molecule has 1 heterocycles. The van der Waals surface area contributed by atoms with Gasteiger partial charge < -0.3 is 0 Å². The van der Waals surface area contributed by atoms with E-state index in [0.29, 0.717) is 6.42 Å². The molecule has 0 radical (unpaired) electrons. The van der Waals surface area contributed by atoms with E-state index in [1.807, 2.05) is 24.3 Å². The van der Waals surface area contributed by atoms with Crippen LogP contribution in [0.2, 0.25) is 0 Å². The normalized spacial score (nSPS) is 16.5. The largest absolute Gasteiger partial charge is 0.409 e. The van der Waals surface area contributed by atoms with Gasteiger partial charge in [0.05, 0.1) is 0 Å². The van der Waals surface area contributed by atoms with E-state index in [0.717, 1.165) is 53.4 Å². The molecule has 1 saturated heterocycles. The van der Waals surface area contributed by atoms with Crippen molar-refractivity contribution < 1.29 is 18.0 Å². The Bertz CT molecular complexity index is 819. The molecule has 28 heavy (non-hydrogen) atoms. The van der Waals surface area contributed by atoms with Gasteiger partial charge in [0.1, 0.15) is 6.04 Å². The predicted molar refractivity (Wildman–Crippen MR) is 105 cm³/mol. The van der Waals surface area contributed by atoms with E-state index in [1.165, 1.54) is 0 Å². The number of hydrogen-bond acceptors (Lipinski definition) is 2. The predicted octanol–water partition coefficient (Wildman–Crippen LogP) is 5.69. The molecule has 0 bridgehead atoms. The lowest BCUT2D eigenvalue weighted by atomic mass is 9.90. The van der Waals surface area contributed by atoms with Crippen molar-refractivity contribution >= 4 is 16.7 Å². The van der Waals surface area contributed by atoms with Crippen molar-refractivity contribution in [3.8, 4) is 0 Å². The topological polar surface area (TPSA) is 32.3 Å². The van der Waals surface area contributed by atoms with Gasteiger partial charge in [0.15, 0.2) is 0 Å². The van der Waals surface area contributed by atoms with E-state index in [2.05, 4.69) is 12.3 Å². The van der Waals surface area contributed by atoms with Crippen molar-refractivity contribution in [1.82, 2.24) is 10.4 Å². The molecular formula is C22H27F3N2O. The zero-order chi connectivity index (χ0) is 20.1. The average molecular weight is 392 g/mol. The molecule has 6 heteroatoms. The molecule has 2 aromatic rings. The summed E-state index contributed by atoms with van der Waals surface area (Å²) in [7, 11) is 0. The number of unbranched alkanes of at least 4 members (excludes halogenated alkanes) is 4.